The summed E-state index contributed by atoms with van der Waals surface area (Å²) in [4.78, 5) is 51.3. The Balaban J connectivity index is 0.000000176. The number of hydrogen-bond donors (Lipinski definition) is 4. The molecule has 3 fully saturated rings. The summed E-state index contributed by atoms with van der Waals surface area (Å²) in [6.45, 7) is 4.41. The molecule has 29 heteroatoms. The first-order valence-corrected chi connectivity index (χ1v) is 29.4. The summed E-state index contributed by atoms with van der Waals surface area (Å²) in [5.41, 5.74) is 5.10. The van der Waals surface area contributed by atoms with Gasteiger partial charge in [0.15, 0.2) is 17.4 Å². The number of benzene rings is 4. The van der Waals surface area contributed by atoms with Crippen LogP contribution in [0.3, 0.4) is 0 Å². The standard InChI is InChI=1S/C38H34ClN5O4.C24H21ClF3N5O5.C2HF3O2/c1-38(2)47-33-26(19-31(34(33)48-38)44-17-16-28-36(44)40-22-41-37(28)45-3)21-46-27-15-14-25-18-29(39)35(42-30(25)20-27)43-32(23-10-6-4-7-11-23)24-12-8-5-9-13-24;1-37-22-14-4-5-33(21(14)29-10-30-22)17-7-12(18(34)19(17)35)9-38-13-3-2-11-6-15(25)20(31-16(11)8-13)32-23(36)24(26,27)28;3-2(4,5)1(6)7/h4-18,20,22,26,31,33-34H,19,21H2,1-3H3;2-6,8,10,12,17-19,34-35H,7,9H2,1H3,(H,31,32,36);(H,6,7)/t26-,31-,33-,34+;12-,17-,18-,19+;/m11./s1. The number of pyridine rings is 2. The van der Waals surface area contributed by atoms with Crippen LogP contribution in [-0.2, 0) is 19.1 Å². The van der Waals surface area contributed by atoms with E-state index in [9.17, 15) is 41.4 Å². The number of fused-ring (bicyclic) bond motifs is 5. The fourth-order valence-electron chi connectivity index (χ4n) is 11.5. The molecular weight excluding hydrogens is 1270 g/mol. The molecule has 2 aliphatic carbocycles. The predicted octanol–water partition coefficient (Wildman–Crippen LogP) is 12.1. The lowest BCUT2D eigenvalue weighted by Crippen LogP contribution is -2.31. The van der Waals surface area contributed by atoms with E-state index < -0.39 is 60.0 Å². The predicted molar refractivity (Wildman–Crippen MR) is 329 cm³/mol. The number of hydrogen-bond acceptors (Lipinski definition) is 17. The Kier molecular flexibility index (Phi) is 18.8. The van der Waals surface area contributed by atoms with Crippen LogP contribution >= 0.6 is 23.2 Å². The van der Waals surface area contributed by atoms with Crippen molar-refractivity contribution in [1.82, 2.24) is 39.0 Å². The second kappa shape index (κ2) is 26.8. The summed E-state index contributed by atoms with van der Waals surface area (Å²) < 4.78 is 109. The summed E-state index contributed by atoms with van der Waals surface area (Å²) in [5, 5.41) is 33.5. The number of aliphatic carboxylic acids is 1. The lowest BCUT2D eigenvalue weighted by molar-refractivity contribution is -0.192. The zero-order valence-corrected chi connectivity index (χ0v) is 51.0. The van der Waals surface area contributed by atoms with E-state index in [2.05, 4.69) is 29.5 Å². The SMILES string of the molecule is COc1ncnc2c1ccn2[C@@H]1C[C@H](COc2ccc3cc(Cl)c(N=C(c4ccccc4)c4ccccc4)nc3c2)[C@H]2OC(C)(C)O[C@H]21.COc1ncnc2c1ccn2[C@@H]1C[C@H](COc2ccc3cc(Cl)c(NC(=O)C(F)(F)F)nc3c2)[C@@H](O)[C@H]1O.O=C(O)C(F)(F)F. The summed E-state index contributed by atoms with van der Waals surface area (Å²) in [5.74, 6) is -4.02. The van der Waals surface area contributed by atoms with Crippen molar-refractivity contribution in [3.05, 3.63) is 168 Å². The molecule has 0 spiro atoms. The van der Waals surface area contributed by atoms with Crippen molar-refractivity contribution in [2.45, 2.75) is 81.3 Å². The number of anilines is 1. The third-order valence-electron chi connectivity index (χ3n) is 15.8. The van der Waals surface area contributed by atoms with Gasteiger partial charge in [-0.1, -0.05) is 83.9 Å². The number of ether oxygens (including phenoxy) is 6. The van der Waals surface area contributed by atoms with E-state index in [1.807, 2.05) is 111 Å². The molecule has 10 aromatic rings. The minimum absolute atomic E-state index is 0.00624. The maximum atomic E-state index is 12.6. The highest BCUT2D eigenvalue weighted by molar-refractivity contribution is 6.34. The van der Waals surface area contributed by atoms with Gasteiger partial charge >= 0.3 is 24.2 Å². The van der Waals surface area contributed by atoms with Gasteiger partial charge in [0, 0.05) is 58.3 Å². The lowest BCUT2D eigenvalue weighted by Gasteiger charge is -2.24. The molecule has 0 unspecified atom stereocenters. The van der Waals surface area contributed by atoms with E-state index in [1.165, 1.54) is 31.9 Å². The zero-order chi connectivity index (χ0) is 66.1. The number of aliphatic hydroxyl groups is 2. The van der Waals surface area contributed by atoms with Gasteiger partial charge in [0.2, 0.25) is 11.8 Å². The Morgan fingerprint density at radius 2 is 1.14 bits per heavy atom. The molecule has 0 bridgehead atoms. The molecule has 1 amide bonds. The van der Waals surface area contributed by atoms with Crippen molar-refractivity contribution in [2.75, 3.05) is 32.8 Å². The van der Waals surface area contributed by atoms with Crippen molar-refractivity contribution >= 4 is 96.3 Å². The molecule has 1 aliphatic heterocycles. The lowest BCUT2D eigenvalue weighted by atomic mass is 10.0. The van der Waals surface area contributed by atoms with E-state index >= 15 is 0 Å². The van der Waals surface area contributed by atoms with Gasteiger partial charge in [-0.15, -0.1) is 0 Å². The number of rotatable bonds is 14. The number of carbonyl (C=O) groups is 2. The summed E-state index contributed by atoms with van der Waals surface area (Å²) in [6, 6.07) is 37.3. The van der Waals surface area contributed by atoms with Crippen LogP contribution in [0.5, 0.6) is 23.3 Å². The molecule has 0 radical (unpaired) electrons. The summed E-state index contributed by atoms with van der Waals surface area (Å²) in [7, 11) is 3.11. The van der Waals surface area contributed by atoms with Gasteiger partial charge < -0.3 is 58.2 Å². The minimum atomic E-state index is -5.10. The van der Waals surface area contributed by atoms with Crippen molar-refractivity contribution < 1.29 is 79.7 Å². The third-order valence-corrected chi connectivity index (χ3v) is 16.4. The van der Waals surface area contributed by atoms with Gasteiger partial charge in [0.05, 0.1) is 89.3 Å². The van der Waals surface area contributed by atoms with Crippen LogP contribution in [-0.4, -0.2) is 142 Å². The van der Waals surface area contributed by atoms with Gasteiger partial charge in [-0.2, -0.15) is 26.3 Å². The molecule has 6 aromatic heterocycles. The first kappa shape index (κ1) is 65.2. The third kappa shape index (κ3) is 14.2. The average Bonchev–Trinajstić information content (AvgIpc) is 1.63. The Bertz CT molecular complexity index is 4370. The zero-order valence-electron chi connectivity index (χ0n) is 49.5. The van der Waals surface area contributed by atoms with Crippen LogP contribution < -0.4 is 24.3 Å². The number of methoxy groups -OCH3 is 2. The molecule has 2 saturated carbocycles. The minimum Gasteiger partial charge on any atom is -0.493 e. The molecule has 93 heavy (non-hydrogen) atoms. The number of alkyl halides is 6. The number of amides is 1. The van der Waals surface area contributed by atoms with Crippen molar-refractivity contribution in [2.24, 2.45) is 16.8 Å². The molecule has 4 aromatic carbocycles. The highest BCUT2D eigenvalue weighted by Gasteiger charge is 2.55. The Labute approximate surface area is 534 Å². The quantitative estimate of drug-likeness (QED) is 0.0582. The van der Waals surface area contributed by atoms with Gasteiger partial charge in [-0.05, 0) is 75.2 Å². The molecule has 8 atom stereocenters. The topological polar surface area (TPSA) is 262 Å². The van der Waals surface area contributed by atoms with E-state index in [-0.39, 0.29) is 41.3 Å². The number of carbonyl (C=O) groups excluding carboxylic acids is 1. The number of nitrogens with zero attached hydrogens (tertiary/aromatic N) is 9. The summed E-state index contributed by atoms with van der Waals surface area (Å²) in [6.07, 6.45) is -4.79. The molecular formula is C64H56Cl2F6N10O11. The van der Waals surface area contributed by atoms with Crippen LogP contribution in [0.4, 0.5) is 38.0 Å². The second-order valence-electron chi connectivity index (χ2n) is 22.2. The van der Waals surface area contributed by atoms with Crippen molar-refractivity contribution in [3.8, 4) is 23.3 Å². The number of carboxylic acid groups (broad SMARTS) is 1. The monoisotopic (exact) mass is 1320 g/mol. The number of carboxylic acids is 1. The fourth-order valence-corrected chi connectivity index (χ4v) is 12.0. The van der Waals surface area contributed by atoms with Gasteiger partial charge in [-0.25, -0.2) is 39.7 Å². The fraction of sp³-hybridized carbons (Fsp3) is 0.297. The van der Waals surface area contributed by atoms with Gasteiger partial charge in [0.1, 0.15) is 47.7 Å². The molecule has 4 N–H and O–H groups in total. The second-order valence-corrected chi connectivity index (χ2v) is 23.1. The maximum Gasteiger partial charge on any atom is 0.490 e. The van der Waals surface area contributed by atoms with Crippen LogP contribution in [0.15, 0.2) is 151 Å². The molecule has 484 valence electrons. The highest BCUT2D eigenvalue weighted by atomic mass is 35.5. The highest BCUT2D eigenvalue weighted by Crippen LogP contribution is 2.48. The Morgan fingerprint density at radius 3 is 1.67 bits per heavy atom. The normalized spacial score (nSPS) is 20.7. The number of aliphatic imine (C=N–C) groups is 1. The molecule has 13 rings (SSSR count). The number of aromatic nitrogens is 8. The van der Waals surface area contributed by atoms with Crippen LogP contribution in [0.2, 0.25) is 10.0 Å². The number of aliphatic hydroxyl groups excluding tert-OH is 2. The molecule has 7 heterocycles. The van der Waals surface area contributed by atoms with Gasteiger partial charge in [-0.3, -0.25) is 4.79 Å². The van der Waals surface area contributed by atoms with Crippen molar-refractivity contribution in [1.29, 1.82) is 0 Å². The first-order valence-electron chi connectivity index (χ1n) is 28.6. The van der Waals surface area contributed by atoms with Crippen LogP contribution in [0, 0.1) is 11.8 Å². The number of halogens is 8. The Hall–Kier alpha value is -9.25. The first-order chi connectivity index (χ1) is 44.4. The van der Waals surface area contributed by atoms with E-state index in [0.717, 1.165) is 45.2 Å². The number of nitrogens with one attached hydrogen (secondary N) is 1. The smallest absolute Gasteiger partial charge is 0.490 e. The van der Waals surface area contributed by atoms with E-state index in [4.69, 9.17) is 71.5 Å². The van der Waals surface area contributed by atoms with E-state index in [1.54, 1.807) is 41.4 Å². The largest absolute Gasteiger partial charge is 0.493 e. The van der Waals surface area contributed by atoms with E-state index in [0.29, 0.717) is 63.5 Å². The molecule has 21 nitrogen and oxygen atoms in total. The van der Waals surface area contributed by atoms with Gasteiger partial charge in [0.25, 0.3) is 0 Å². The van der Waals surface area contributed by atoms with Crippen LogP contribution in [0.25, 0.3) is 43.9 Å². The molecule has 1 saturated heterocycles. The van der Waals surface area contributed by atoms with Crippen LogP contribution in [0.1, 0.15) is 49.9 Å². The Morgan fingerprint density at radius 1 is 0.645 bits per heavy atom. The maximum absolute atomic E-state index is 12.6. The molecule has 3 aliphatic rings. The van der Waals surface area contributed by atoms with Crippen molar-refractivity contribution in [3.63, 3.8) is 0 Å². The summed E-state index contributed by atoms with van der Waals surface area (Å²) >= 11 is 12.7. The average molecular weight is 1330 g/mol.